The van der Waals surface area contributed by atoms with Crippen LogP contribution < -0.4 is 11.3 Å². The van der Waals surface area contributed by atoms with Gasteiger partial charge in [0, 0.05) is 18.3 Å². The van der Waals surface area contributed by atoms with Gasteiger partial charge in [0.15, 0.2) is 0 Å². The Morgan fingerprint density at radius 3 is 2.94 bits per heavy atom. The van der Waals surface area contributed by atoms with Crippen LogP contribution in [0.5, 0.6) is 0 Å². The fourth-order valence-corrected chi connectivity index (χ4v) is 2.73. The minimum Gasteiger partial charge on any atom is -0.364 e. The van der Waals surface area contributed by atoms with E-state index in [1.807, 2.05) is 11.8 Å². The predicted octanol–water partition coefficient (Wildman–Crippen LogP) is 0.207. The van der Waals surface area contributed by atoms with Crippen molar-refractivity contribution in [3.8, 4) is 0 Å². The molecular weight excluding hydrogens is 238 g/mol. The Morgan fingerprint density at radius 2 is 2.35 bits per heavy atom. The molecule has 0 aromatic heterocycles. The number of carbonyl (C=O) groups is 1. The standard InChI is InChI=1S/C11H23N3O2S/c1-8(7-17-3)14(2)6-9-4-5-10(16-9)11(15)13-12/h8-10H,4-7,12H2,1-3H3,(H,13,15). The molecule has 0 aliphatic carbocycles. The molecule has 0 aromatic rings. The molecule has 17 heavy (non-hydrogen) atoms. The van der Waals surface area contributed by atoms with E-state index in [1.165, 1.54) is 0 Å². The number of likely N-dealkylation sites (N-methyl/N-ethyl adjacent to an activating group) is 1. The van der Waals surface area contributed by atoms with Crippen LogP contribution in [0.4, 0.5) is 0 Å². The number of nitrogens with zero attached hydrogens (tertiary/aromatic N) is 1. The zero-order valence-corrected chi connectivity index (χ0v) is 11.6. The molecule has 0 radical (unpaired) electrons. The van der Waals surface area contributed by atoms with Crippen LogP contribution in [0.2, 0.25) is 0 Å². The summed E-state index contributed by atoms with van der Waals surface area (Å²) >= 11 is 1.84. The van der Waals surface area contributed by atoms with Gasteiger partial charge in [-0.15, -0.1) is 0 Å². The first-order valence-electron chi connectivity index (χ1n) is 5.93. The molecule has 3 atom stereocenters. The van der Waals surface area contributed by atoms with Gasteiger partial charge in [-0.1, -0.05) is 0 Å². The van der Waals surface area contributed by atoms with Crippen LogP contribution in [0.15, 0.2) is 0 Å². The molecule has 6 heteroatoms. The summed E-state index contributed by atoms with van der Waals surface area (Å²) < 4.78 is 5.67. The first kappa shape index (κ1) is 14.8. The zero-order valence-electron chi connectivity index (χ0n) is 10.8. The average Bonchev–Trinajstić information content (AvgIpc) is 2.76. The Hall–Kier alpha value is -0.300. The van der Waals surface area contributed by atoms with Crippen molar-refractivity contribution in [3.63, 3.8) is 0 Å². The van der Waals surface area contributed by atoms with Crippen molar-refractivity contribution in [2.24, 2.45) is 5.84 Å². The number of carbonyl (C=O) groups excluding carboxylic acids is 1. The molecule has 1 aliphatic rings. The number of thioether (sulfide) groups is 1. The Morgan fingerprint density at radius 1 is 1.65 bits per heavy atom. The van der Waals surface area contributed by atoms with E-state index in [-0.39, 0.29) is 18.1 Å². The first-order valence-corrected chi connectivity index (χ1v) is 7.33. The van der Waals surface area contributed by atoms with Crippen molar-refractivity contribution in [1.29, 1.82) is 0 Å². The molecule has 1 amide bonds. The van der Waals surface area contributed by atoms with E-state index in [1.54, 1.807) is 0 Å². The summed E-state index contributed by atoms with van der Waals surface area (Å²) in [4.78, 5) is 13.6. The quantitative estimate of drug-likeness (QED) is 0.406. The molecule has 0 aromatic carbocycles. The summed E-state index contributed by atoms with van der Waals surface area (Å²) in [7, 11) is 2.10. The lowest BCUT2D eigenvalue weighted by molar-refractivity contribution is -0.132. The van der Waals surface area contributed by atoms with Gasteiger partial charge in [-0.25, -0.2) is 5.84 Å². The van der Waals surface area contributed by atoms with Crippen molar-refractivity contribution in [3.05, 3.63) is 0 Å². The van der Waals surface area contributed by atoms with Crippen LogP contribution in [0.3, 0.4) is 0 Å². The Kier molecular flexibility index (Phi) is 6.26. The Bertz CT molecular complexity index is 253. The molecule has 1 rings (SSSR count). The highest BCUT2D eigenvalue weighted by Gasteiger charge is 2.31. The molecule has 0 spiro atoms. The lowest BCUT2D eigenvalue weighted by Gasteiger charge is -2.26. The number of hydrogen-bond acceptors (Lipinski definition) is 5. The van der Waals surface area contributed by atoms with Crippen LogP contribution in [-0.4, -0.2) is 54.7 Å². The fourth-order valence-electron chi connectivity index (χ4n) is 2.00. The van der Waals surface area contributed by atoms with Crippen molar-refractivity contribution >= 4 is 17.7 Å². The van der Waals surface area contributed by atoms with Crippen molar-refractivity contribution in [2.75, 3.05) is 25.6 Å². The van der Waals surface area contributed by atoms with Crippen LogP contribution >= 0.6 is 11.8 Å². The molecule has 3 N–H and O–H groups in total. The van der Waals surface area contributed by atoms with Crippen molar-refractivity contribution in [1.82, 2.24) is 10.3 Å². The molecule has 1 heterocycles. The summed E-state index contributed by atoms with van der Waals surface area (Å²) in [6, 6.07) is 0.524. The summed E-state index contributed by atoms with van der Waals surface area (Å²) in [5, 5.41) is 0. The molecular formula is C11H23N3O2S. The fraction of sp³-hybridized carbons (Fsp3) is 0.909. The maximum absolute atomic E-state index is 11.3. The maximum atomic E-state index is 11.3. The SMILES string of the molecule is CSCC(C)N(C)CC1CCC(C(=O)NN)O1. The van der Waals surface area contributed by atoms with Gasteiger partial charge in [0.05, 0.1) is 6.10 Å². The van der Waals surface area contributed by atoms with Crippen molar-refractivity contribution < 1.29 is 9.53 Å². The third kappa shape index (κ3) is 4.46. The number of amides is 1. The van der Waals surface area contributed by atoms with E-state index in [9.17, 15) is 4.79 Å². The van der Waals surface area contributed by atoms with E-state index in [4.69, 9.17) is 10.6 Å². The van der Waals surface area contributed by atoms with E-state index in [0.29, 0.717) is 6.04 Å². The minimum atomic E-state index is -0.366. The van der Waals surface area contributed by atoms with Gasteiger partial charge in [-0.05, 0) is 33.1 Å². The highest BCUT2D eigenvalue weighted by Crippen LogP contribution is 2.21. The molecule has 1 saturated heterocycles. The molecule has 5 nitrogen and oxygen atoms in total. The normalized spacial score (nSPS) is 26.2. The molecule has 0 saturated carbocycles. The molecule has 1 aliphatic heterocycles. The zero-order chi connectivity index (χ0) is 12.8. The van der Waals surface area contributed by atoms with Gasteiger partial charge in [0.1, 0.15) is 6.10 Å². The van der Waals surface area contributed by atoms with Gasteiger partial charge in [-0.2, -0.15) is 11.8 Å². The van der Waals surface area contributed by atoms with Crippen LogP contribution in [0, 0.1) is 0 Å². The van der Waals surface area contributed by atoms with E-state index < -0.39 is 0 Å². The topological polar surface area (TPSA) is 67.6 Å². The number of nitrogens with two attached hydrogens (primary N) is 1. The third-order valence-corrected chi connectivity index (χ3v) is 4.01. The minimum absolute atomic E-state index is 0.145. The van der Waals surface area contributed by atoms with Gasteiger partial charge in [0.2, 0.25) is 0 Å². The smallest absolute Gasteiger partial charge is 0.263 e. The van der Waals surface area contributed by atoms with Gasteiger partial charge >= 0.3 is 0 Å². The van der Waals surface area contributed by atoms with Gasteiger partial charge < -0.3 is 9.64 Å². The number of hydrogen-bond donors (Lipinski definition) is 2. The van der Waals surface area contributed by atoms with E-state index >= 15 is 0 Å². The second kappa shape index (κ2) is 7.20. The first-order chi connectivity index (χ1) is 8.08. The van der Waals surface area contributed by atoms with Gasteiger partial charge in [0.25, 0.3) is 5.91 Å². The summed E-state index contributed by atoms with van der Waals surface area (Å²) in [6.45, 7) is 3.08. The summed E-state index contributed by atoms with van der Waals surface area (Å²) in [6.07, 6.45) is 3.58. The molecule has 3 unspecified atom stereocenters. The second-order valence-corrected chi connectivity index (χ2v) is 5.49. The average molecular weight is 261 g/mol. The monoisotopic (exact) mass is 261 g/mol. The van der Waals surface area contributed by atoms with Crippen LogP contribution in [0.25, 0.3) is 0 Å². The van der Waals surface area contributed by atoms with Crippen LogP contribution in [0.1, 0.15) is 19.8 Å². The van der Waals surface area contributed by atoms with Crippen LogP contribution in [-0.2, 0) is 9.53 Å². The lowest BCUT2D eigenvalue weighted by Crippen LogP contribution is -2.41. The summed E-state index contributed by atoms with van der Waals surface area (Å²) in [5.41, 5.74) is 2.14. The number of ether oxygens (including phenoxy) is 1. The molecule has 0 bridgehead atoms. The molecule has 1 fully saturated rings. The third-order valence-electron chi connectivity index (χ3n) is 3.19. The number of rotatable bonds is 6. The van der Waals surface area contributed by atoms with Gasteiger partial charge in [-0.3, -0.25) is 10.2 Å². The highest BCUT2D eigenvalue weighted by atomic mass is 32.2. The lowest BCUT2D eigenvalue weighted by atomic mass is 10.2. The largest absolute Gasteiger partial charge is 0.364 e. The predicted molar refractivity (Wildman–Crippen MR) is 70.7 cm³/mol. The number of nitrogens with one attached hydrogen (secondary N) is 1. The van der Waals surface area contributed by atoms with Crippen molar-refractivity contribution in [2.45, 2.75) is 38.0 Å². The highest BCUT2D eigenvalue weighted by molar-refractivity contribution is 7.98. The van der Waals surface area contributed by atoms with E-state index in [0.717, 1.165) is 25.1 Å². The molecule has 100 valence electrons. The number of hydrazine groups is 1. The Labute approximate surface area is 107 Å². The van der Waals surface area contributed by atoms with E-state index in [2.05, 4.69) is 30.6 Å². The maximum Gasteiger partial charge on any atom is 0.263 e. The summed E-state index contributed by atoms with van der Waals surface area (Å²) in [5.74, 6) is 5.99. The Balaban J connectivity index is 2.32. The second-order valence-electron chi connectivity index (χ2n) is 4.58.